The Morgan fingerprint density at radius 1 is 1.00 bits per heavy atom. The fourth-order valence-electron chi connectivity index (χ4n) is 2.32. The number of hydrogen-bond acceptors (Lipinski definition) is 2. The van der Waals surface area contributed by atoms with Crippen LogP contribution >= 0.6 is 0 Å². The molecule has 2 rings (SSSR count). The van der Waals surface area contributed by atoms with E-state index >= 15 is 0 Å². The van der Waals surface area contributed by atoms with E-state index in [1.54, 1.807) is 0 Å². The second kappa shape index (κ2) is 5.13. The lowest BCUT2D eigenvalue weighted by Crippen LogP contribution is -2.30. The molecular weight excluding hydrogens is 174 g/mol. The van der Waals surface area contributed by atoms with Gasteiger partial charge < -0.3 is 10.5 Å². The smallest absolute Gasteiger partial charge is 0.0623 e. The Kier molecular flexibility index (Phi) is 3.82. The molecule has 0 saturated heterocycles. The van der Waals surface area contributed by atoms with Crippen LogP contribution in [0.25, 0.3) is 0 Å². The van der Waals surface area contributed by atoms with E-state index in [-0.39, 0.29) is 0 Å². The molecule has 0 amide bonds. The van der Waals surface area contributed by atoms with Crippen molar-refractivity contribution < 1.29 is 4.74 Å². The molecule has 0 aromatic heterocycles. The van der Waals surface area contributed by atoms with Gasteiger partial charge in [0.2, 0.25) is 0 Å². The van der Waals surface area contributed by atoms with Gasteiger partial charge in [0, 0.05) is 6.04 Å². The Hall–Kier alpha value is -0.0800. The third-order valence-electron chi connectivity index (χ3n) is 3.55. The molecule has 2 aliphatic carbocycles. The van der Waals surface area contributed by atoms with Crippen LogP contribution in [0.2, 0.25) is 0 Å². The molecule has 0 aliphatic heterocycles. The molecule has 0 spiro atoms. The number of nitrogens with two attached hydrogens (primary N) is 1. The Balaban J connectivity index is 1.62. The molecule has 2 nitrogen and oxygen atoms in total. The van der Waals surface area contributed by atoms with E-state index in [0.717, 1.165) is 12.5 Å². The first-order valence-electron chi connectivity index (χ1n) is 6.23. The average Bonchev–Trinajstić information content (AvgIpc) is 3.01. The van der Waals surface area contributed by atoms with Gasteiger partial charge in [0.05, 0.1) is 12.7 Å². The highest BCUT2D eigenvalue weighted by molar-refractivity contribution is 4.84. The molecule has 2 N–H and O–H groups in total. The molecule has 2 heteroatoms. The Morgan fingerprint density at radius 3 is 2.21 bits per heavy atom. The van der Waals surface area contributed by atoms with Gasteiger partial charge in [-0.15, -0.1) is 0 Å². The van der Waals surface area contributed by atoms with E-state index < -0.39 is 0 Å². The van der Waals surface area contributed by atoms with Crippen LogP contribution in [-0.2, 0) is 4.74 Å². The average molecular weight is 197 g/mol. The Bertz CT molecular complexity index is 160. The third kappa shape index (κ3) is 3.25. The SMILES string of the molecule is NC(COC1CCCCCC1)C1CC1. The quantitative estimate of drug-likeness (QED) is 0.703. The maximum Gasteiger partial charge on any atom is 0.0623 e. The van der Waals surface area contributed by atoms with Gasteiger partial charge in [0.25, 0.3) is 0 Å². The van der Waals surface area contributed by atoms with Gasteiger partial charge in [-0.3, -0.25) is 0 Å². The molecule has 82 valence electrons. The van der Waals surface area contributed by atoms with Gasteiger partial charge in [0.15, 0.2) is 0 Å². The summed E-state index contributed by atoms with van der Waals surface area (Å²) in [4.78, 5) is 0. The van der Waals surface area contributed by atoms with Crippen molar-refractivity contribution in [2.75, 3.05) is 6.61 Å². The maximum atomic E-state index is 6.01. The highest BCUT2D eigenvalue weighted by Gasteiger charge is 2.29. The van der Waals surface area contributed by atoms with Crippen LogP contribution in [0.1, 0.15) is 51.4 Å². The van der Waals surface area contributed by atoms with Crippen molar-refractivity contribution in [3.05, 3.63) is 0 Å². The van der Waals surface area contributed by atoms with Gasteiger partial charge in [0.1, 0.15) is 0 Å². The van der Waals surface area contributed by atoms with Crippen LogP contribution < -0.4 is 5.73 Å². The molecular formula is C12H23NO. The predicted octanol–water partition coefficient (Wildman–Crippen LogP) is 2.46. The van der Waals surface area contributed by atoms with Crippen LogP contribution in [-0.4, -0.2) is 18.8 Å². The summed E-state index contributed by atoms with van der Waals surface area (Å²) in [6.07, 6.45) is 11.2. The molecule has 0 bridgehead atoms. The van der Waals surface area contributed by atoms with Crippen LogP contribution in [0.3, 0.4) is 0 Å². The summed E-state index contributed by atoms with van der Waals surface area (Å²) < 4.78 is 5.90. The molecule has 0 radical (unpaired) electrons. The van der Waals surface area contributed by atoms with Gasteiger partial charge in [-0.25, -0.2) is 0 Å². The molecule has 0 aromatic carbocycles. The van der Waals surface area contributed by atoms with E-state index in [1.807, 2.05) is 0 Å². The summed E-state index contributed by atoms with van der Waals surface area (Å²) in [5.74, 6) is 0.778. The number of ether oxygens (including phenoxy) is 1. The van der Waals surface area contributed by atoms with E-state index in [9.17, 15) is 0 Å². The fraction of sp³-hybridized carbons (Fsp3) is 1.00. The fourth-order valence-corrected chi connectivity index (χ4v) is 2.32. The highest BCUT2D eigenvalue weighted by atomic mass is 16.5. The summed E-state index contributed by atoms with van der Waals surface area (Å²) >= 11 is 0. The standard InChI is InChI=1S/C12H23NO/c13-12(10-7-8-10)9-14-11-5-3-1-2-4-6-11/h10-12H,1-9,13H2. The summed E-state index contributed by atoms with van der Waals surface area (Å²) in [7, 11) is 0. The molecule has 2 fully saturated rings. The topological polar surface area (TPSA) is 35.2 Å². The van der Waals surface area contributed by atoms with Crippen molar-refractivity contribution in [1.29, 1.82) is 0 Å². The van der Waals surface area contributed by atoms with Crippen LogP contribution in [0, 0.1) is 5.92 Å². The van der Waals surface area contributed by atoms with Crippen molar-refractivity contribution in [2.45, 2.75) is 63.5 Å². The Morgan fingerprint density at radius 2 is 1.64 bits per heavy atom. The van der Waals surface area contributed by atoms with Gasteiger partial charge in [-0.2, -0.15) is 0 Å². The minimum absolute atomic E-state index is 0.318. The van der Waals surface area contributed by atoms with Crippen molar-refractivity contribution >= 4 is 0 Å². The first-order valence-corrected chi connectivity index (χ1v) is 6.23. The zero-order chi connectivity index (χ0) is 9.80. The van der Waals surface area contributed by atoms with Crippen molar-refractivity contribution in [1.82, 2.24) is 0 Å². The minimum Gasteiger partial charge on any atom is -0.377 e. The number of hydrogen-bond donors (Lipinski definition) is 1. The second-order valence-corrected chi connectivity index (χ2v) is 4.95. The lowest BCUT2D eigenvalue weighted by Gasteiger charge is -2.18. The Labute approximate surface area is 87.2 Å². The lowest BCUT2D eigenvalue weighted by atomic mass is 10.1. The largest absolute Gasteiger partial charge is 0.377 e. The van der Waals surface area contributed by atoms with Crippen molar-refractivity contribution in [2.24, 2.45) is 11.7 Å². The predicted molar refractivity (Wildman–Crippen MR) is 58.1 cm³/mol. The first-order chi connectivity index (χ1) is 6.86. The lowest BCUT2D eigenvalue weighted by molar-refractivity contribution is 0.0318. The summed E-state index contributed by atoms with van der Waals surface area (Å²) in [5, 5.41) is 0. The summed E-state index contributed by atoms with van der Waals surface area (Å²) in [6, 6.07) is 0.318. The van der Waals surface area contributed by atoms with E-state index in [4.69, 9.17) is 10.5 Å². The third-order valence-corrected chi connectivity index (χ3v) is 3.55. The van der Waals surface area contributed by atoms with Crippen LogP contribution in [0.15, 0.2) is 0 Å². The van der Waals surface area contributed by atoms with Crippen molar-refractivity contribution in [3.8, 4) is 0 Å². The molecule has 14 heavy (non-hydrogen) atoms. The van der Waals surface area contributed by atoms with Gasteiger partial charge >= 0.3 is 0 Å². The zero-order valence-electron chi connectivity index (χ0n) is 9.08. The monoisotopic (exact) mass is 197 g/mol. The van der Waals surface area contributed by atoms with Crippen LogP contribution in [0.4, 0.5) is 0 Å². The maximum absolute atomic E-state index is 6.01. The van der Waals surface area contributed by atoms with E-state index in [0.29, 0.717) is 12.1 Å². The minimum atomic E-state index is 0.318. The van der Waals surface area contributed by atoms with E-state index in [2.05, 4.69) is 0 Å². The molecule has 0 heterocycles. The van der Waals surface area contributed by atoms with Crippen LogP contribution in [0.5, 0.6) is 0 Å². The summed E-state index contributed by atoms with van der Waals surface area (Å²) in [6.45, 7) is 0.801. The highest BCUT2D eigenvalue weighted by Crippen LogP contribution is 2.32. The molecule has 2 aliphatic rings. The zero-order valence-corrected chi connectivity index (χ0v) is 9.08. The van der Waals surface area contributed by atoms with E-state index in [1.165, 1.54) is 51.4 Å². The second-order valence-electron chi connectivity index (χ2n) is 4.95. The molecule has 1 atom stereocenters. The molecule has 0 aromatic rings. The normalized spacial score (nSPS) is 27.2. The van der Waals surface area contributed by atoms with Gasteiger partial charge in [-0.1, -0.05) is 25.7 Å². The summed E-state index contributed by atoms with van der Waals surface area (Å²) in [5.41, 5.74) is 6.01. The van der Waals surface area contributed by atoms with Gasteiger partial charge in [-0.05, 0) is 31.6 Å². The van der Waals surface area contributed by atoms with Crippen molar-refractivity contribution in [3.63, 3.8) is 0 Å². The first kappa shape index (κ1) is 10.4. The molecule has 2 saturated carbocycles. The molecule has 1 unspecified atom stereocenters. The number of rotatable bonds is 4.